The third-order valence-electron chi connectivity index (χ3n) is 2.84. The Hall–Kier alpha value is -2.50. The molecule has 2 rings (SSSR count). The van der Waals surface area contributed by atoms with Crippen LogP contribution < -0.4 is 10.2 Å². The number of amides is 1. The molecule has 1 aromatic heterocycles. The van der Waals surface area contributed by atoms with E-state index < -0.39 is 0 Å². The SMILES string of the molecule is CCOC(=O)N(C)c1ccc(NCc2ccn[nH]2)cc1. The van der Waals surface area contributed by atoms with Gasteiger partial charge in [-0.25, -0.2) is 4.79 Å². The van der Waals surface area contributed by atoms with Gasteiger partial charge in [0.2, 0.25) is 0 Å². The number of aromatic amines is 1. The Morgan fingerprint density at radius 2 is 2.10 bits per heavy atom. The molecule has 0 spiro atoms. The summed E-state index contributed by atoms with van der Waals surface area (Å²) in [5, 5.41) is 10.0. The average molecular weight is 274 g/mol. The Morgan fingerprint density at radius 3 is 2.70 bits per heavy atom. The Balaban J connectivity index is 1.93. The summed E-state index contributed by atoms with van der Waals surface area (Å²) in [6.07, 6.45) is 1.36. The molecule has 1 aromatic carbocycles. The van der Waals surface area contributed by atoms with Crippen molar-refractivity contribution in [2.45, 2.75) is 13.5 Å². The molecule has 0 saturated carbocycles. The lowest BCUT2D eigenvalue weighted by Crippen LogP contribution is -2.26. The van der Waals surface area contributed by atoms with Gasteiger partial charge in [-0.3, -0.25) is 10.00 Å². The lowest BCUT2D eigenvalue weighted by Gasteiger charge is -2.17. The van der Waals surface area contributed by atoms with Gasteiger partial charge in [0.1, 0.15) is 0 Å². The van der Waals surface area contributed by atoms with E-state index in [1.165, 1.54) is 4.90 Å². The van der Waals surface area contributed by atoms with E-state index in [1.54, 1.807) is 20.2 Å². The van der Waals surface area contributed by atoms with Crippen LogP contribution in [0.5, 0.6) is 0 Å². The number of anilines is 2. The van der Waals surface area contributed by atoms with Gasteiger partial charge in [-0.2, -0.15) is 5.10 Å². The van der Waals surface area contributed by atoms with Crippen molar-refractivity contribution in [1.29, 1.82) is 0 Å². The van der Waals surface area contributed by atoms with Crippen LogP contribution >= 0.6 is 0 Å². The first kappa shape index (κ1) is 13.9. The van der Waals surface area contributed by atoms with Crippen molar-refractivity contribution in [2.24, 2.45) is 0 Å². The number of ether oxygens (including phenoxy) is 1. The number of aromatic nitrogens is 2. The molecule has 0 bridgehead atoms. The molecule has 0 fully saturated rings. The van der Waals surface area contributed by atoms with Gasteiger partial charge in [0.15, 0.2) is 0 Å². The highest BCUT2D eigenvalue weighted by atomic mass is 16.6. The molecule has 6 heteroatoms. The standard InChI is InChI=1S/C14H18N4O2/c1-3-20-14(19)18(2)13-6-4-11(5-7-13)15-10-12-8-9-16-17-12/h4-9,15H,3,10H2,1-2H3,(H,16,17). The maximum Gasteiger partial charge on any atom is 0.413 e. The molecule has 20 heavy (non-hydrogen) atoms. The fourth-order valence-corrected chi connectivity index (χ4v) is 1.71. The summed E-state index contributed by atoms with van der Waals surface area (Å²) in [5.74, 6) is 0. The molecule has 0 saturated heterocycles. The van der Waals surface area contributed by atoms with E-state index in [1.807, 2.05) is 30.3 Å². The minimum absolute atomic E-state index is 0.356. The molecule has 6 nitrogen and oxygen atoms in total. The van der Waals surface area contributed by atoms with Crippen molar-refractivity contribution >= 4 is 17.5 Å². The number of nitrogens with zero attached hydrogens (tertiary/aromatic N) is 2. The number of carbonyl (C=O) groups excluding carboxylic acids is 1. The summed E-state index contributed by atoms with van der Waals surface area (Å²) in [7, 11) is 1.69. The smallest absolute Gasteiger partial charge is 0.413 e. The van der Waals surface area contributed by atoms with Gasteiger partial charge in [-0.05, 0) is 37.3 Å². The van der Waals surface area contributed by atoms with Crippen molar-refractivity contribution in [3.8, 4) is 0 Å². The zero-order chi connectivity index (χ0) is 14.4. The minimum Gasteiger partial charge on any atom is -0.449 e. The number of benzene rings is 1. The molecular weight excluding hydrogens is 256 g/mol. The van der Waals surface area contributed by atoms with E-state index in [9.17, 15) is 4.79 Å². The number of H-pyrrole nitrogens is 1. The van der Waals surface area contributed by atoms with Crippen molar-refractivity contribution < 1.29 is 9.53 Å². The normalized spacial score (nSPS) is 10.1. The van der Waals surface area contributed by atoms with Crippen molar-refractivity contribution in [2.75, 3.05) is 23.9 Å². The summed E-state index contributed by atoms with van der Waals surface area (Å²) in [4.78, 5) is 13.1. The molecule has 106 valence electrons. The Morgan fingerprint density at radius 1 is 1.35 bits per heavy atom. The second-order valence-electron chi connectivity index (χ2n) is 4.24. The van der Waals surface area contributed by atoms with E-state index in [2.05, 4.69) is 15.5 Å². The second-order valence-corrected chi connectivity index (χ2v) is 4.24. The molecule has 0 aliphatic heterocycles. The monoisotopic (exact) mass is 274 g/mol. The molecule has 2 N–H and O–H groups in total. The summed E-state index contributed by atoms with van der Waals surface area (Å²) in [5.41, 5.74) is 2.77. The second kappa shape index (κ2) is 6.60. The highest BCUT2D eigenvalue weighted by molar-refractivity contribution is 5.87. The fraction of sp³-hybridized carbons (Fsp3) is 0.286. The zero-order valence-electron chi connectivity index (χ0n) is 11.6. The number of carbonyl (C=O) groups is 1. The van der Waals surface area contributed by atoms with Crippen LogP contribution in [0.25, 0.3) is 0 Å². The molecule has 0 atom stereocenters. The third kappa shape index (κ3) is 3.50. The summed E-state index contributed by atoms with van der Waals surface area (Å²) in [6, 6.07) is 9.48. The van der Waals surface area contributed by atoms with Gasteiger partial charge in [0.25, 0.3) is 0 Å². The molecular formula is C14H18N4O2. The Labute approximate surface area is 117 Å². The van der Waals surface area contributed by atoms with E-state index >= 15 is 0 Å². The Kier molecular flexibility index (Phi) is 4.60. The van der Waals surface area contributed by atoms with Crippen LogP contribution in [0.1, 0.15) is 12.6 Å². The third-order valence-corrected chi connectivity index (χ3v) is 2.84. The molecule has 1 heterocycles. The van der Waals surface area contributed by atoms with Crippen LogP contribution in [0.15, 0.2) is 36.5 Å². The van der Waals surface area contributed by atoms with E-state index in [0.29, 0.717) is 13.2 Å². The predicted molar refractivity (Wildman–Crippen MR) is 77.8 cm³/mol. The molecule has 1 amide bonds. The van der Waals surface area contributed by atoms with Crippen LogP contribution in [0, 0.1) is 0 Å². The van der Waals surface area contributed by atoms with Crippen molar-refractivity contribution in [3.63, 3.8) is 0 Å². The largest absolute Gasteiger partial charge is 0.449 e. The van der Waals surface area contributed by atoms with Crippen LogP contribution in [0.4, 0.5) is 16.2 Å². The summed E-state index contributed by atoms with van der Waals surface area (Å²) >= 11 is 0. The average Bonchev–Trinajstić information content (AvgIpc) is 2.98. The molecule has 0 aliphatic carbocycles. The van der Waals surface area contributed by atoms with Crippen molar-refractivity contribution in [1.82, 2.24) is 10.2 Å². The fourth-order valence-electron chi connectivity index (χ4n) is 1.71. The number of hydrogen-bond acceptors (Lipinski definition) is 4. The topological polar surface area (TPSA) is 70.2 Å². The first-order valence-electron chi connectivity index (χ1n) is 6.43. The van der Waals surface area contributed by atoms with Crippen LogP contribution in [-0.4, -0.2) is 29.9 Å². The van der Waals surface area contributed by atoms with E-state index in [4.69, 9.17) is 4.74 Å². The lowest BCUT2D eigenvalue weighted by atomic mass is 10.2. The molecule has 0 aliphatic rings. The van der Waals surface area contributed by atoms with Gasteiger partial charge in [0, 0.05) is 24.6 Å². The van der Waals surface area contributed by atoms with Crippen LogP contribution in [-0.2, 0) is 11.3 Å². The number of hydrogen-bond donors (Lipinski definition) is 2. The molecule has 0 unspecified atom stereocenters. The van der Waals surface area contributed by atoms with Gasteiger partial charge >= 0.3 is 6.09 Å². The van der Waals surface area contributed by atoms with E-state index in [-0.39, 0.29) is 6.09 Å². The van der Waals surface area contributed by atoms with Gasteiger partial charge < -0.3 is 10.1 Å². The quantitative estimate of drug-likeness (QED) is 0.879. The number of nitrogens with one attached hydrogen (secondary N) is 2. The maximum atomic E-state index is 11.6. The minimum atomic E-state index is -0.356. The summed E-state index contributed by atoms with van der Waals surface area (Å²) < 4.78 is 4.95. The summed E-state index contributed by atoms with van der Waals surface area (Å²) in [6.45, 7) is 2.83. The highest BCUT2D eigenvalue weighted by Gasteiger charge is 2.10. The first-order chi connectivity index (χ1) is 9.70. The highest BCUT2D eigenvalue weighted by Crippen LogP contribution is 2.18. The first-order valence-corrected chi connectivity index (χ1v) is 6.43. The van der Waals surface area contributed by atoms with E-state index in [0.717, 1.165) is 17.1 Å². The van der Waals surface area contributed by atoms with Gasteiger partial charge in [-0.1, -0.05) is 0 Å². The molecule has 0 radical (unpaired) electrons. The Bertz CT molecular complexity index is 537. The van der Waals surface area contributed by atoms with Gasteiger partial charge in [0.05, 0.1) is 18.8 Å². The van der Waals surface area contributed by atoms with Crippen LogP contribution in [0.2, 0.25) is 0 Å². The molecule has 2 aromatic rings. The van der Waals surface area contributed by atoms with Crippen molar-refractivity contribution in [3.05, 3.63) is 42.2 Å². The maximum absolute atomic E-state index is 11.6. The van der Waals surface area contributed by atoms with Crippen LogP contribution in [0.3, 0.4) is 0 Å². The predicted octanol–water partition coefficient (Wildman–Crippen LogP) is 2.61. The zero-order valence-corrected chi connectivity index (χ0v) is 11.6. The number of rotatable bonds is 5. The van der Waals surface area contributed by atoms with Gasteiger partial charge in [-0.15, -0.1) is 0 Å². The lowest BCUT2D eigenvalue weighted by molar-refractivity contribution is 0.161.